The van der Waals surface area contributed by atoms with Gasteiger partial charge in [0.1, 0.15) is 5.75 Å². The van der Waals surface area contributed by atoms with E-state index in [2.05, 4.69) is 5.32 Å². The monoisotopic (exact) mass is 416 g/mol. The van der Waals surface area contributed by atoms with Crippen LogP contribution in [0.25, 0.3) is 0 Å². The molecule has 29 heavy (non-hydrogen) atoms. The third kappa shape index (κ3) is 5.36. The van der Waals surface area contributed by atoms with Gasteiger partial charge in [-0.3, -0.25) is 4.79 Å². The Morgan fingerprint density at radius 3 is 2.31 bits per heavy atom. The van der Waals surface area contributed by atoms with E-state index < -0.39 is 10.0 Å². The van der Waals surface area contributed by atoms with Crippen molar-refractivity contribution in [1.82, 2.24) is 4.31 Å². The van der Waals surface area contributed by atoms with Crippen LogP contribution in [0.15, 0.2) is 42.5 Å². The predicted molar refractivity (Wildman–Crippen MR) is 114 cm³/mol. The SMILES string of the molecule is COc1ccc(C)cc1NC(=O)C1CCN(S(=O)(=O)Cc2ccc(C)cc2)CC1. The summed E-state index contributed by atoms with van der Waals surface area (Å²) in [7, 11) is -1.82. The molecule has 1 N–H and O–H groups in total. The number of carbonyl (C=O) groups is 1. The van der Waals surface area contributed by atoms with Crippen molar-refractivity contribution in [3.05, 3.63) is 59.2 Å². The number of methoxy groups -OCH3 is 1. The van der Waals surface area contributed by atoms with Crippen molar-refractivity contribution < 1.29 is 17.9 Å². The van der Waals surface area contributed by atoms with Crippen LogP contribution in [0.3, 0.4) is 0 Å². The van der Waals surface area contributed by atoms with Crippen LogP contribution in [0, 0.1) is 19.8 Å². The van der Waals surface area contributed by atoms with Gasteiger partial charge in [0.05, 0.1) is 18.6 Å². The van der Waals surface area contributed by atoms with Gasteiger partial charge in [-0.1, -0.05) is 35.9 Å². The van der Waals surface area contributed by atoms with Gasteiger partial charge >= 0.3 is 0 Å². The summed E-state index contributed by atoms with van der Waals surface area (Å²) in [5, 5.41) is 2.94. The molecule has 1 aliphatic rings. The minimum Gasteiger partial charge on any atom is -0.495 e. The Kier molecular flexibility index (Phi) is 6.59. The van der Waals surface area contributed by atoms with E-state index in [0.717, 1.165) is 16.7 Å². The minimum atomic E-state index is -3.39. The average molecular weight is 417 g/mol. The number of aryl methyl sites for hydroxylation is 2. The molecule has 1 aliphatic heterocycles. The van der Waals surface area contributed by atoms with Gasteiger partial charge < -0.3 is 10.1 Å². The molecule has 1 saturated heterocycles. The zero-order valence-electron chi connectivity index (χ0n) is 17.1. The Morgan fingerprint density at radius 2 is 1.69 bits per heavy atom. The van der Waals surface area contributed by atoms with E-state index >= 15 is 0 Å². The third-order valence-corrected chi connectivity index (χ3v) is 7.15. The first-order valence-electron chi connectivity index (χ1n) is 9.77. The first kappa shape index (κ1) is 21.3. The van der Waals surface area contributed by atoms with Gasteiger partial charge in [0.15, 0.2) is 0 Å². The quantitative estimate of drug-likeness (QED) is 0.782. The number of hydrogen-bond acceptors (Lipinski definition) is 4. The molecular formula is C22H28N2O4S. The molecule has 0 saturated carbocycles. The second kappa shape index (κ2) is 8.97. The topological polar surface area (TPSA) is 75.7 Å². The van der Waals surface area contributed by atoms with Gasteiger partial charge in [-0.05, 0) is 49.9 Å². The molecule has 0 atom stereocenters. The first-order valence-corrected chi connectivity index (χ1v) is 11.4. The maximum Gasteiger partial charge on any atom is 0.227 e. The number of ether oxygens (including phenoxy) is 1. The number of piperidine rings is 1. The van der Waals surface area contributed by atoms with Gasteiger partial charge in [-0.2, -0.15) is 0 Å². The van der Waals surface area contributed by atoms with E-state index in [1.54, 1.807) is 7.11 Å². The lowest BCUT2D eigenvalue weighted by atomic mass is 9.97. The molecule has 0 spiro atoms. The second-order valence-corrected chi connectivity index (χ2v) is 9.58. The van der Waals surface area contributed by atoms with Crippen molar-refractivity contribution in [3.8, 4) is 5.75 Å². The zero-order valence-corrected chi connectivity index (χ0v) is 18.0. The fraction of sp³-hybridized carbons (Fsp3) is 0.409. The molecule has 6 nitrogen and oxygen atoms in total. The van der Waals surface area contributed by atoms with Gasteiger partial charge in [0, 0.05) is 19.0 Å². The fourth-order valence-electron chi connectivity index (χ4n) is 3.54. The molecule has 3 rings (SSSR count). The van der Waals surface area contributed by atoms with E-state index in [9.17, 15) is 13.2 Å². The number of amides is 1. The zero-order chi connectivity index (χ0) is 21.0. The summed E-state index contributed by atoms with van der Waals surface area (Å²) in [6.45, 7) is 4.64. The summed E-state index contributed by atoms with van der Waals surface area (Å²) in [5.41, 5.74) is 3.55. The maximum absolute atomic E-state index is 12.7. The van der Waals surface area contributed by atoms with Gasteiger partial charge in [-0.25, -0.2) is 12.7 Å². The van der Waals surface area contributed by atoms with Crippen molar-refractivity contribution in [2.75, 3.05) is 25.5 Å². The van der Waals surface area contributed by atoms with Crippen LogP contribution in [-0.4, -0.2) is 38.8 Å². The summed E-state index contributed by atoms with van der Waals surface area (Å²) in [5.74, 6) is 0.294. The van der Waals surface area contributed by atoms with Crippen LogP contribution in [-0.2, 0) is 20.6 Å². The largest absolute Gasteiger partial charge is 0.495 e. The number of carbonyl (C=O) groups excluding carboxylic acids is 1. The van der Waals surface area contributed by atoms with Crippen LogP contribution in [0.4, 0.5) is 5.69 Å². The standard InChI is InChI=1S/C22H28N2O4S/c1-16-4-7-18(8-5-16)15-29(26,27)24-12-10-19(11-13-24)22(25)23-20-14-17(2)6-9-21(20)28-3/h4-9,14,19H,10-13,15H2,1-3H3,(H,23,25). The van der Waals surface area contributed by atoms with Crippen LogP contribution in [0.1, 0.15) is 29.5 Å². The Balaban J connectivity index is 1.59. The Bertz CT molecular complexity index is 963. The number of anilines is 1. The van der Waals surface area contributed by atoms with Crippen molar-refractivity contribution in [3.63, 3.8) is 0 Å². The summed E-state index contributed by atoms with van der Waals surface area (Å²) in [4.78, 5) is 12.7. The summed E-state index contributed by atoms with van der Waals surface area (Å²) >= 11 is 0. The molecule has 1 amide bonds. The third-order valence-electron chi connectivity index (χ3n) is 5.30. The van der Waals surface area contributed by atoms with E-state index in [1.165, 1.54) is 4.31 Å². The van der Waals surface area contributed by atoms with Crippen molar-refractivity contribution in [2.45, 2.75) is 32.4 Å². The van der Waals surface area contributed by atoms with Gasteiger partial charge in [0.25, 0.3) is 0 Å². The molecule has 0 radical (unpaired) electrons. The summed E-state index contributed by atoms with van der Waals surface area (Å²) < 4.78 is 32.3. The molecular weight excluding hydrogens is 388 g/mol. The van der Waals surface area contributed by atoms with Crippen LogP contribution >= 0.6 is 0 Å². The lowest BCUT2D eigenvalue weighted by molar-refractivity contribution is -0.120. The average Bonchev–Trinajstić information content (AvgIpc) is 2.70. The van der Waals surface area contributed by atoms with Crippen LogP contribution in [0.2, 0.25) is 0 Å². The number of rotatable bonds is 6. The second-order valence-electron chi connectivity index (χ2n) is 7.61. The molecule has 1 heterocycles. The Morgan fingerprint density at radius 1 is 1.07 bits per heavy atom. The van der Waals surface area contributed by atoms with Gasteiger partial charge in [0.2, 0.25) is 15.9 Å². The highest BCUT2D eigenvalue weighted by Gasteiger charge is 2.31. The van der Waals surface area contributed by atoms with E-state index in [1.807, 2.05) is 56.3 Å². The molecule has 2 aromatic carbocycles. The number of hydrogen-bond donors (Lipinski definition) is 1. The molecule has 156 valence electrons. The molecule has 0 bridgehead atoms. The van der Waals surface area contributed by atoms with Gasteiger partial charge in [-0.15, -0.1) is 0 Å². The lowest BCUT2D eigenvalue weighted by Crippen LogP contribution is -2.41. The van der Waals surface area contributed by atoms with E-state index in [0.29, 0.717) is 37.4 Å². The predicted octanol–water partition coefficient (Wildman–Crippen LogP) is 3.49. The Hall–Kier alpha value is -2.38. The number of nitrogens with zero attached hydrogens (tertiary/aromatic N) is 1. The van der Waals surface area contributed by atoms with Crippen molar-refractivity contribution in [1.29, 1.82) is 0 Å². The number of benzene rings is 2. The molecule has 0 unspecified atom stereocenters. The Labute approximate surface area is 172 Å². The maximum atomic E-state index is 12.7. The van der Waals surface area contributed by atoms with E-state index in [-0.39, 0.29) is 17.6 Å². The van der Waals surface area contributed by atoms with E-state index in [4.69, 9.17) is 4.74 Å². The molecule has 1 fully saturated rings. The summed E-state index contributed by atoms with van der Waals surface area (Å²) in [6, 6.07) is 13.2. The van der Waals surface area contributed by atoms with Crippen molar-refractivity contribution in [2.24, 2.45) is 5.92 Å². The minimum absolute atomic E-state index is 0.00929. The summed E-state index contributed by atoms with van der Waals surface area (Å²) in [6.07, 6.45) is 1.01. The highest BCUT2D eigenvalue weighted by Crippen LogP contribution is 2.28. The van der Waals surface area contributed by atoms with Crippen LogP contribution < -0.4 is 10.1 Å². The molecule has 0 aliphatic carbocycles. The number of sulfonamides is 1. The highest BCUT2D eigenvalue weighted by atomic mass is 32.2. The highest BCUT2D eigenvalue weighted by molar-refractivity contribution is 7.88. The first-order chi connectivity index (χ1) is 13.8. The molecule has 2 aromatic rings. The van der Waals surface area contributed by atoms with Crippen molar-refractivity contribution >= 4 is 21.6 Å². The lowest BCUT2D eigenvalue weighted by Gasteiger charge is -2.30. The normalized spacial score (nSPS) is 15.8. The molecule has 7 heteroatoms. The fourth-order valence-corrected chi connectivity index (χ4v) is 5.10. The van der Waals surface area contributed by atoms with Crippen LogP contribution in [0.5, 0.6) is 5.75 Å². The molecule has 0 aromatic heterocycles. The smallest absolute Gasteiger partial charge is 0.227 e. The number of nitrogens with one attached hydrogen (secondary N) is 1.